The number of ether oxygens (including phenoxy) is 1. The maximum Gasteiger partial charge on any atom is 0.331 e. The molecule has 0 spiro atoms. The number of hydrogen-bond acceptors (Lipinski definition) is 6. The summed E-state index contributed by atoms with van der Waals surface area (Å²) in [4.78, 5) is 12.0. The zero-order valence-corrected chi connectivity index (χ0v) is 16.5. The van der Waals surface area contributed by atoms with Crippen molar-refractivity contribution < 1.29 is 9.53 Å². The minimum atomic E-state index is -0.502. The Balaban J connectivity index is 1.63. The van der Waals surface area contributed by atoms with Crippen LogP contribution < -0.4 is 0 Å². The molecule has 0 N–H and O–H groups in total. The normalized spacial score (nSPS) is 11.2. The van der Waals surface area contributed by atoms with Crippen molar-refractivity contribution in [1.29, 1.82) is 0 Å². The molecule has 0 aliphatic carbocycles. The first-order valence-electron chi connectivity index (χ1n) is 8.95. The van der Waals surface area contributed by atoms with E-state index in [1.54, 1.807) is 15.4 Å². The first kappa shape index (κ1) is 19.8. The van der Waals surface area contributed by atoms with Crippen LogP contribution in [0, 0.1) is 6.92 Å². The van der Waals surface area contributed by atoms with Gasteiger partial charge in [-0.25, -0.2) is 14.2 Å². The fourth-order valence-electron chi connectivity index (χ4n) is 2.66. The zero-order valence-electron chi connectivity index (χ0n) is 15.7. The molecule has 0 aliphatic heterocycles. The standard InChI is InChI=1S/C19H21ClN6O2/c1-3-11-25-17(21-23-24-25)13-28-18(27)10-9-16-14(2)22-26(19(16)20)12-15-7-5-4-6-8-15/h4-10H,3,11-13H2,1-2H3/b10-9+. The number of carbonyl (C=O) groups is 1. The fourth-order valence-corrected chi connectivity index (χ4v) is 2.96. The summed E-state index contributed by atoms with van der Waals surface area (Å²) in [7, 11) is 0. The van der Waals surface area contributed by atoms with Crippen molar-refractivity contribution in [3.05, 3.63) is 64.2 Å². The highest BCUT2D eigenvalue weighted by Crippen LogP contribution is 2.22. The molecule has 1 aromatic carbocycles. The molecular formula is C19H21ClN6O2. The number of esters is 1. The lowest BCUT2D eigenvalue weighted by molar-refractivity contribution is -0.139. The molecule has 0 amide bonds. The molecule has 0 radical (unpaired) electrons. The number of benzene rings is 1. The van der Waals surface area contributed by atoms with Crippen molar-refractivity contribution in [2.45, 2.75) is 40.0 Å². The number of carbonyl (C=O) groups excluding carboxylic acids is 1. The third-order valence-electron chi connectivity index (χ3n) is 4.06. The van der Waals surface area contributed by atoms with E-state index in [1.807, 2.05) is 44.2 Å². The van der Waals surface area contributed by atoms with Crippen molar-refractivity contribution in [3.8, 4) is 0 Å². The number of tetrazole rings is 1. The third kappa shape index (κ3) is 4.83. The van der Waals surface area contributed by atoms with Crippen molar-refractivity contribution >= 4 is 23.6 Å². The Morgan fingerprint density at radius 3 is 2.79 bits per heavy atom. The van der Waals surface area contributed by atoms with E-state index in [4.69, 9.17) is 16.3 Å². The molecule has 28 heavy (non-hydrogen) atoms. The molecule has 0 saturated carbocycles. The van der Waals surface area contributed by atoms with Gasteiger partial charge in [0.2, 0.25) is 0 Å². The topological polar surface area (TPSA) is 87.7 Å². The van der Waals surface area contributed by atoms with Crippen molar-refractivity contribution in [3.63, 3.8) is 0 Å². The first-order valence-corrected chi connectivity index (χ1v) is 9.33. The van der Waals surface area contributed by atoms with E-state index in [0.717, 1.165) is 17.7 Å². The number of rotatable bonds is 8. The van der Waals surface area contributed by atoms with Gasteiger partial charge in [0.05, 0.1) is 12.2 Å². The summed E-state index contributed by atoms with van der Waals surface area (Å²) >= 11 is 6.44. The predicted molar refractivity (Wildman–Crippen MR) is 104 cm³/mol. The van der Waals surface area contributed by atoms with Crippen LogP contribution in [0.3, 0.4) is 0 Å². The molecule has 0 fully saturated rings. The van der Waals surface area contributed by atoms with Gasteiger partial charge in [-0.05, 0) is 35.4 Å². The van der Waals surface area contributed by atoms with Gasteiger partial charge >= 0.3 is 5.97 Å². The first-order chi connectivity index (χ1) is 13.6. The molecule has 3 aromatic rings. The van der Waals surface area contributed by atoms with Gasteiger partial charge in [-0.3, -0.25) is 0 Å². The highest BCUT2D eigenvalue weighted by molar-refractivity contribution is 6.31. The molecule has 9 heteroatoms. The van der Waals surface area contributed by atoms with E-state index in [9.17, 15) is 4.79 Å². The lowest BCUT2D eigenvalue weighted by atomic mass is 10.2. The summed E-state index contributed by atoms with van der Waals surface area (Å²) in [6.07, 6.45) is 3.83. The molecule has 0 saturated heterocycles. The van der Waals surface area contributed by atoms with Crippen molar-refractivity contribution in [1.82, 2.24) is 30.0 Å². The molecule has 8 nitrogen and oxygen atoms in total. The number of hydrogen-bond donors (Lipinski definition) is 0. The van der Waals surface area contributed by atoms with Crippen LogP contribution in [0.25, 0.3) is 6.08 Å². The highest BCUT2D eigenvalue weighted by atomic mass is 35.5. The largest absolute Gasteiger partial charge is 0.454 e. The molecular weight excluding hydrogens is 380 g/mol. The van der Waals surface area contributed by atoms with Gasteiger partial charge in [-0.1, -0.05) is 48.9 Å². The summed E-state index contributed by atoms with van der Waals surface area (Å²) < 4.78 is 8.54. The van der Waals surface area contributed by atoms with Crippen molar-refractivity contribution in [2.75, 3.05) is 0 Å². The Bertz CT molecular complexity index is 964. The minimum Gasteiger partial charge on any atom is -0.454 e. The number of nitrogens with zero attached hydrogens (tertiary/aromatic N) is 6. The maximum atomic E-state index is 12.0. The average Bonchev–Trinajstić information content (AvgIpc) is 3.24. The van der Waals surface area contributed by atoms with Crippen LogP contribution in [0.5, 0.6) is 0 Å². The molecule has 0 unspecified atom stereocenters. The highest BCUT2D eigenvalue weighted by Gasteiger charge is 2.12. The van der Waals surface area contributed by atoms with Crippen LogP contribution in [0.15, 0.2) is 36.4 Å². The molecule has 2 heterocycles. The van der Waals surface area contributed by atoms with E-state index in [1.165, 1.54) is 6.08 Å². The predicted octanol–water partition coefficient (Wildman–Crippen LogP) is 3.05. The van der Waals surface area contributed by atoms with Crippen LogP contribution in [0.1, 0.15) is 36.0 Å². The Kier molecular flexibility index (Phi) is 6.54. The summed E-state index contributed by atoms with van der Waals surface area (Å²) in [5.41, 5.74) is 2.51. The van der Waals surface area contributed by atoms with Crippen molar-refractivity contribution in [2.24, 2.45) is 0 Å². The average molecular weight is 401 g/mol. The monoisotopic (exact) mass is 400 g/mol. The zero-order chi connectivity index (χ0) is 19.9. The minimum absolute atomic E-state index is 0.0101. The van der Waals surface area contributed by atoms with Gasteiger partial charge in [0, 0.05) is 18.2 Å². The van der Waals surface area contributed by atoms with Gasteiger partial charge in [0.25, 0.3) is 0 Å². The third-order valence-corrected chi connectivity index (χ3v) is 4.45. The second-order valence-corrected chi connectivity index (χ2v) is 6.55. The van der Waals surface area contributed by atoms with Crippen LogP contribution in [-0.4, -0.2) is 36.0 Å². The Hall–Kier alpha value is -3.00. The second kappa shape index (κ2) is 9.27. The molecule has 0 bridgehead atoms. The van der Waals surface area contributed by atoms with E-state index < -0.39 is 5.97 Å². The molecule has 2 aromatic heterocycles. The maximum absolute atomic E-state index is 12.0. The number of aromatic nitrogens is 6. The summed E-state index contributed by atoms with van der Waals surface area (Å²) in [5, 5.41) is 16.2. The van der Waals surface area contributed by atoms with Crippen LogP contribution in [0.4, 0.5) is 0 Å². The van der Waals surface area contributed by atoms with E-state index in [-0.39, 0.29) is 6.61 Å². The van der Waals surface area contributed by atoms with Crippen LogP contribution >= 0.6 is 11.6 Å². The second-order valence-electron chi connectivity index (χ2n) is 6.19. The summed E-state index contributed by atoms with van der Waals surface area (Å²) in [6.45, 7) is 5.10. The lowest BCUT2D eigenvalue weighted by Gasteiger charge is -2.03. The Morgan fingerprint density at radius 1 is 1.25 bits per heavy atom. The van der Waals surface area contributed by atoms with Gasteiger partial charge in [-0.15, -0.1) is 5.10 Å². The van der Waals surface area contributed by atoms with Gasteiger partial charge in [-0.2, -0.15) is 5.10 Å². The molecule has 0 atom stereocenters. The summed E-state index contributed by atoms with van der Waals surface area (Å²) in [5.74, 6) is 0.00539. The smallest absolute Gasteiger partial charge is 0.331 e. The Morgan fingerprint density at radius 2 is 2.04 bits per heavy atom. The van der Waals surface area contributed by atoms with Gasteiger partial charge in [0.15, 0.2) is 12.4 Å². The van der Waals surface area contributed by atoms with E-state index in [0.29, 0.717) is 29.6 Å². The SMILES string of the molecule is CCCn1nnnc1COC(=O)/C=C/c1c(C)nn(Cc2ccccc2)c1Cl. The van der Waals surface area contributed by atoms with Gasteiger partial charge < -0.3 is 4.74 Å². The number of halogens is 1. The molecule has 3 rings (SSSR count). The fraction of sp³-hybridized carbons (Fsp3) is 0.316. The van der Waals surface area contributed by atoms with Crippen LogP contribution in [-0.2, 0) is 29.2 Å². The quantitative estimate of drug-likeness (QED) is 0.426. The molecule has 0 aliphatic rings. The molecule has 146 valence electrons. The van der Waals surface area contributed by atoms with Crippen LogP contribution in [0.2, 0.25) is 5.15 Å². The van der Waals surface area contributed by atoms with E-state index >= 15 is 0 Å². The Labute approximate surface area is 167 Å². The number of aryl methyl sites for hydroxylation is 2. The summed E-state index contributed by atoms with van der Waals surface area (Å²) in [6, 6.07) is 9.90. The van der Waals surface area contributed by atoms with E-state index in [2.05, 4.69) is 20.6 Å². The van der Waals surface area contributed by atoms with Gasteiger partial charge in [0.1, 0.15) is 5.15 Å². The lowest BCUT2D eigenvalue weighted by Crippen LogP contribution is -2.09.